The number of furan rings is 1. The van der Waals surface area contributed by atoms with E-state index in [0.717, 1.165) is 37.2 Å². The quantitative estimate of drug-likeness (QED) is 0.872. The highest BCUT2D eigenvalue weighted by Crippen LogP contribution is 2.26. The summed E-state index contributed by atoms with van der Waals surface area (Å²) in [4.78, 5) is 12.1. The first-order valence-electron chi connectivity index (χ1n) is 8.13. The number of nitrogens with zero attached hydrogens (tertiary/aromatic N) is 3. The highest BCUT2D eigenvalue weighted by Gasteiger charge is 2.22. The van der Waals surface area contributed by atoms with Gasteiger partial charge in [-0.05, 0) is 44.7 Å². The fourth-order valence-corrected chi connectivity index (χ4v) is 2.93. The molecule has 23 heavy (non-hydrogen) atoms. The van der Waals surface area contributed by atoms with Crippen LogP contribution in [0.1, 0.15) is 53.7 Å². The molecular formula is C16H23N5O2. The van der Waals surface area contributed by atoms with Gasteiger partial charge in [-0.25, -0.2) is 4.68 Å². The molecule has 0 aliphatic heterocycles. The number of nitrogens with two attached hydrogens (primary N) is 1. The molecule has 3 N–H and O–H groups in total. The SMILES string of the molecule is Cc1ccc(CCNC(=O)c2cn(C3CCC(N)CC3)nn2)o1. The molecule has 2 aromatic rings. The molecule has 2 aromatic heterocycles. The van der Waals surface area contributed by atoms with E-state index in [0.29, 0.717) is 30.7 Å². The smallest absolute Gasteiger partial charge is 0.273 e. The summed E-state index contributed by atoms with van der Waals surface area (Å²) in [6.07, 6.45) is 6.36. The maximum atomic E-state index is 12.1. The van der Waals surface area contributed by atoms with Crippen LogP contribution in [0.2, 0.25) is 0 Å². The van der Waals surface area contributed by atoms with Crippen LogP contribution in [-0.4, -0.2) is 33.5 Å². The van der Waals surface area contributed by atoms with E-state index in [1.807, 2.05) is 19.1 Å². The molecule has 0 saturated heterocycles. The number of hydrogen-bond acceptors (Lipinski definition) is 5. The largest absolute Gasteiger partial charge is 0.466 e. The number of aryl methyl sites for hydroxylation is 1. The number of hydrogen-bond donors (Lipinski definition) is 2. The Kier molecular flexibility index (Phi) is 4.76. The molecule has 0 radical (unpaired) electrons. The predicted octanol–water partition coefficient (Wildman–Crippen LogP) is 1.59. The number of amides is 1. The van der Waals surface area contributed by atoms with Gasteiger partial charge in [-0.2, -0.15) is 0 Å². The standard InChI is InChI=1S/C16H23N5O2/c1-11-2-7-14(23-11)8-9-18-16(22)15-10-21(20-19-15)13-5-3-12(17)4-6-13/h2,7,10,12-13H,3-6,8-9,17H2,1H3,(H,18,22). The van der Waals surface area contributed by atoms with Gasteiger partial charge in [0, 0.05) is 19.0 Å². The van der Waals surface area contributed by atoms with E-state index in [4.69, 9.17) is 10.2 Å². The number of aromatic nitrogens is 3. The number of carbonyl (C=O) groups excluding carboxylic acids is 1. The van der Waals surface area contributed by atoms with Gasteiger partial charge in [-0.15, -0.1) is 5.10 Å². The highest BCUT2D eigenvalue weighted by atomic mass is 16.3. The van der Waals surface area contributed by atoms with Gasteiger partial charge in [0.05, 0.1) is 12.2 Å². The molecule has 0 spiro atoms. The van der Waals surface area contributed by atoms with E-state index >= 15 is 0 Å². The Labute approximate surface area is 135 Å². The van der Waals surface area contributed by atoms with Crippen LogP contribution in [-0.2, 0) is 6.42 Å². The van der Waals surface area contributed by atoms with E-state index in [-0.39, 0.29) is 5.91 Å². The summed E-state index contributed by atoms with van der Waals surface area (Å²) < 4.78 is 7.27. The van der Waals surface area contributed by atoms with Crippen LogP contribution in [0.3, 0.4) is 0 Å². The molecular weight excluding hydrogens is 294 g/mol. The molecule has 0 bridgehead atoms. The van der Waals surface area contributed by atoms with Gasteiger partial charge in [-0.3, -0.25) is 4.79 Å². The maximum absolute atomic E-state index is 12.1. The third-order valence-electron chi connectivity index (χ3n) is 4.31. The fraction of sp³-hybridized carbons (Fsp3) is 0.562. The Bertz CT molecular complexity index is 655. The van der Waals surface area contributed by atoms with E-state index in [1.165, 1.54) is 0 Å². The minimum atomic E-state index is -0.202. The normalized spacial score (nSPS) is 21.3. The lowest BCUT2D eigenvalue weighted by Crippen LogP contribution is -2.28. The first-order chi connectivity index (χ1) is 11.1. The second kappa shape index (κ2) is 6.95. The molecule has 0 aromatic carbocycles. The Morgan fingerprint density at radius 1 is 1.39 bits per heavy atom. The van der Waals surface area contributed by atoms with Crippen LogP contribution in [0.5, 0.6) is 0 Å². The first-order valence-corrected chi connectivity index (χ1v) is 8.13. The first kappa shape index (κ1) is 15.7. The fourth-order valence-electron chi connectivity index (χ4n) is 2.93. The lowest BCUT2D eigenvalue weighted by atomic mass is 9.92. The summed E-state index contributed by atoms with van der Waals surface area (Å²) in [5.74, 6) is 1.54. The zero-order valence-corrected chi connectivity index (χ0v) is 13.4. The molecule has 3 rings (SSSR count). The molecule has 7 heteroatoms. The topological polar surface area (TPSA) is 99.0 Å². The van der Waals surface area contributed by atoms with Gasteiger partial charge >= 0.3 is 0 Å². The summed E-state index contributed by atoms with van der Waals surface area (Å²) in [5.41, 5.74) is 6.27. The molecule has 1 amide bonds. The molecule has 1 saturated carbocycles. The van der Waals surface area contributed by atoms with Crippen molar-refractivity contribution in [2.75, 3.05) is 6.54 Å². The lowest BCUT2D eigenvalue weighted by molar-refractivity contribution is 0.0948. The number of nitrogens with one attached hydrogen (secondary N) is 1. The van der Waals surface area contributed by atoms with Crippen LogP contribution in [0.4, 0.5) is 0 Å². The Morgan fingerprint density at radius 2 is 2.17 bits per heavy atom. The van der Waals surface area contributed by atoms with E-state index in [1.54, 1.807) is 10.9 Å². The van der Waals surface area contributed by atoms with Gasteiger partial charge in [-0.1, -0.05) is 5.21 Å². The number of carbonyl (C=O) groups is 1. The maximum Gasteiger partial charge on any atom is 0.273 e. The van der Waals surface area contributed by atoms with Crippen molar-refractivity contribution < 1.29 is 9.21 Å². The van der Waals surface area contributed by atoms with Crippen LogP contribution < -0.4 is 11.1 Å². The molecule has 2 heterocycles. The van der Waals surface area contributed by atoms with Crippen molar-refractivity contribution >= 4 is 5.91 Å². The minimum absolute atomic E-state index is 0.202. The predicted molar refractivity (Wildman–Crippen MR) is 85.0 cm³/mol. The second-order valence-corrected chi connectivity index (χ2v) is 6.17. The van der Waals surface area contributed by atoms with Crippen molar-refractivity contribution in [1.29, 1.82) is 0 Å². The minimum Gasteiger partial charge on any atom is -0.466 e. The zero-order chi connectivity index (χ0) is 16.2. The summed E-state index contributed by atoms with van der Waals surface area (Å²) in [7, 11) is 0. The summed E-state index contributed by atoms with van der Waals surface area (Å²) in [5, 5.41) is 10.9. The monoisotopic (exact) mass is 317 g/mol. The van der Waals surface area contributed by atoms with Crippen molar-refractivity contribution in [2.24, 2.45) is 5.73 Å². The third-order valence-corrected chi connectivity index (χ3v) is 4.31. The van der Waals surface area contributed by atoms with Crippen molar-refractivity contribution in [3.63, 3.8) is 0 Å². The zero-order valence-electron chi connectivity index (χ0n) is 13.4. The van der Waals surface area contributed by atoms with Gasteiger partial charge in [0.1, 0.15) is 11.5 Å². The van der Waals surface area contributed by atoms with Crippen molar-refractivity contribution in [3.05, 3.63) is 35.5 Å². The average molecular weight is 317 g/mol. The lowest BCUT2D eigenvalue weighted by Gasteiger charge is -2.25. The van der Waals surface area contributed by atoms with Crippen LogP contribution in [0, 0.1) is 6.92 Å². The average Bonchev–Trinajstić information content (AvgIpc) is 3.17. The Balaban J connectivity index is 1.50. The van der Waals surface area contributed by atoms with Crippen molar-refractivity contribution in [3.8, 4) is 0 Å². The van der Waals surface area contributed by atoms with Gasteiger partial charge in [0.25, 0.3) is 5.91 Å². The van der Waals surface area contributed by atoms with E-state index in [2.05, 4.69) is 15.6 Å². The van der Waals surface area contributed by atoms with E-state index in [9.17, 15) is 4.79 Å². The Morgan fingerprint density at radius 3 is 2.87 bits per heavy atom. The number of rotatable bonds is 5. The van der Waals surface area contributed by atoms with Gasteiger partial charge in [0.2, 0.25) is 0 Å². The molecule has 0 unspecified atom stereocenters. The molecule has 7 nitrogen and oxygen atoms in total. The second-order valence-electron chi connectivity index (χ2n) is 6.17. The van der Waals surface area contributed by atoms with Crippen molar-refractivity contribution in [2.45, 2.75) is 51.1 Å². The van der Waals surface area contributed by atoms with Gasteiger partial charge in [0.15, 0.2) is 5.69 Å². The third kappa shape index (κ3) is 3.98. The highest BCUT2D eigenvalue weighted by molar-refractivity contribution is 5.91. The molecule has 1 aliphatic carbocycles. The van der Waals surface area contributed by atoms with Gasteiger partial charge < -0.3 is 15.5 Å². The van der Waals surface area contributed by atoms with Crippen LogP contribution in [0.25, 0.3) is 0 Å². The van der Waals surface area contributed by atoms with Crippen molar-refractivity contribution in [1.82, 2.24) is 20.3 Å². The van der Waals surface area contributed by atoms with Crippen LogP contribution in [0.15, 0.2) is 22.7 Å². The molecule has 1 fully saturated rings. The summed E-state index contributed by atoms with van der Waals surface area (Å²) >= 11 is 0. The summed E-state index contributed by atoms with van der Waals surface area (Å²) in [6, 6.07) is 4.43. The molecule has 0 atom stereocenters. The Hall–Kier alpha value is -2.15. The molecule has 124 valence electrons. The summed E-state index contributed by atoms with van der Waals surface area (Å²) in [6.45, 7) is 2.41. The molecule has 1 aliphatic rings. The van der Waals surface area contributed by atoms with Crippen LogP contribution >= 0.6 is 0 Å². The van der Waals surface area contributed by atoms with E-state index < -0.39 is 0 Å².